The van der Waals surface area contributed by atoms with Gasteiger partial charge in [-0.2, -0.15) is 0 Å². The summed E-state index contributed by atoms with van der Waals surface area (Å²) in [5.74, 6) is -0.334. The molecule has 0 rings (SSSR count). The third-order valence-electron chi connectivity index (χ3n) is 2.35. The highest BCUT2D eigenvalue weighted by atomic mass is 16.3. The summed E-state index contributed by atoms with van der Waals surface area (Å²) in [4.78, 5) is 24.9. The van der Waals surface area contributed by atoms with Gasteiger partial charge in [-0.25, -0.2) is 4.79 Å². The van der Waals surface area contributed by atoms with Crippen LogP contribution in [0.15, 0.2) is 0 Å². The van der Waals surface area contributed by atoms with E-state index in [0.717, 1.165) is 0 Å². The van der Waals surface area contributed by atoms with Crippen molar-refractivity contribution in [2.24, 2.45) is 0 Å². The van der Waals surface area contributed by atoms with Crippen molar-refractivity contribution in [3.05, 3.63) is 0 Å². The van der Waals surface area contributed by atoms with Gasteiger partial charge in [-0.15, -0.1) is 0 Å². The molecule has 0 heterocycles. The quantitative estimate of drug-likeness (QED) is 0.615. The maximum absolute atomic E-state index is 11.6. The highest BCUT2D eigenvalue weighted by Crippen LogP contribution is 1.99. The van der Waals surface area contributed by atoms with Gasteiger partial charge in [-0.05, 0) is 34.1 Å². The molecule has 0 radical (unpaired) electrons. The number of urea groups is 1. The van der Waals surface area contributed by atoms with Gasteiger partial charge < -0.3 is 10.4 Å². The molecule has 106 valence electrons. The average molecular weight is 259 g/mol. The molecular formula is C12H25N3O3. The Morgan fingerprint density at radius 3 is 2.28 bits per heavy atom. The number of rotatable bonds is 7. The minimum Gasteiger partial charge on any atom is -0.396 e. The van der Waals surface area contributed by atoms with Gasteiger partial charge >= 0.3 is 6.03 Å². The molecule has 18 heavy (non-hydrogen) atoms. The van der Waals surface area contributed by atoms with Crippen LogP contribution in [0.2, 0.25) is 0 Å². The van der Waals surface area contributed by atoms with Crippen LogP contribution in [-0.4, -0.2) is 53.7 Å². The van der Waals surface area contributed by atoms with Gasteiger partial charge in [0.2, 0.25) is 5.91 Å². The molecule has 6 heteroatoms. The molecule has 0 fully saturated rings. The third kappa shape index (κ3) is 8.03. The molecular weight excluding hydrogens is 234 g/mol. The smallest absolute Gasteiger partial charge is 0.321 e. The number of nitrogens with zero attached hydrogens (tertiary/aromatic N) is 1. The fourth-order valence-corrected chi connectivity index (χ4v) is 1.44. The zero-order valence-corrected chi connectivity index (χ0v) is 11.7. The van der Waals surface area contributed by atoms with Crippen LogP contribution in [0.1, 0.15) is 34.1 Å². The summed E-state index contributed by atoms with van der Waals surface area (Å²) in [6, 6.07) is -0.287. The van der Waals surface area contributed by atoms with Crippen molar-refractivity contribution in [2.75, 3.05) is 19.7 Å². The highest BCUT2D eigenvalue weighted by molar-refractivity contribution is 5.95. The van der Waals surface area contributed by atoms with Crippen LogP contribution >= 0.6 is 0 Å². The van der Waals surface area contributed by atoms with Crippen molar-refractivity contribution in [1.82, 2.24) is 15.5 Å². The molecule has 0 aliphatic carbocycles. The van der Waals surface area contributed by atoms with E-state index in [1.165, 1.54) is 0 Å². The van der Waals surface area contributed by atoms with Crippen LogP contribution in [0, 0.1) is 0 Å². The first-order valence-electron chi connectivity index (χ1n) is 6.32. The number of carbonyl (C=O) groups excluding carboxylic acids is 2. The van der Waals surface area contributed by atoms with E-state index in [2.05, 4.69) is 10.6 Å². The molecule has 0 aliphatic heterocycles. The molecule has 6 nitrogen and oxygen atoms in total. The minimum atomic E-state index is -0.471. The first kappa shape index (κ1) is 16.9. The Bertz CT molecular complexity index is 267. The van der Waals surface area contributed by atoms with Crippen LogP contribution in [0.25, 0.3) is 0 Å². The number of hydrogen-bond donors (Lipinski definition) is 3. The predicted molar refractivity (Wildman–Crippen MR) is 70.2 cm³/mol. The Labute approximate surface area is 109 Å². The lowest BCUT2D eigenvalue weighted by molar-refractivity contribution is -0.121. The monoisotopic (exact) mass is 259 g/mol. The number of imide groups is 1. The molecule has 0 aromatic carbocycles. The Hall–Kier alpha value is -1.14. The second-order valence-corrected chi connectivity index (χ2v) is 4.82. The van der Waals surface area contributed by atoms with Crippen molar-refractivity contribution in [1.29, 1.82) is 0 Å². The van der Waals surface area contributed by atoms with Gasteiger partial charge in [-0.1, -0.05) is 0 Å². The fraction of sp³-hybridized carbons (Fsp3) is 0.833. The van der Waals surface area contributed by atoms with Crippen LogP contribution in [0.3, 0.4) is 0 Å². The number of amides is 3. The van der Waals surface area contributed by atoms with Crippen molar-refractivity contribution in [3.8, 4) is 0 Å². The van der Waals surface area contributed by atoms with Gasteiger partial charge in [0, 0.05) is 25.2 Å². The number of carbonyl (C=O) groups is 2. The van der Waals surface area contributed by atoms with Gasteiger partial charge in [0.1, 0.15) is 0 Å². The lowest BCUT2D eigenvalue weighted by Crippen LogP contribution is -2.47. The zero-order valence-electron chi connectivity index (χ0n) is 11.7. The Kier molecular flexibility index (Phi) is 8.32. The molecule has 0 atom stereocenters. The molecule has 3 N–H and O–H groups in total. The molecule has 0 unspecified atom stereocenters. The van der Waals surface area contributed by atoms with E-state index in [-0.39, 0.29) is 31.1 Å². The molecule has 0 aromatic heterocycles. The highest BCUT2D eigenvalue weighted by Gasteiger charge is 2.15. The lowest BCUT2D eigenvalue weighted by Gasteiger charge is -2.25. The number of aliphatic hydroxyl groups excluding tert-OH is 1. The largest absolute Gasteiger partial charge is 0.396 e. The minimum absolute atomic E-state index is 0.00612. The molecule has 0 spiro atoms. The summed E-state index contributed by atoms with van der Waals surface area (Å²) in [7, 11) is 0. The van der Waals surface area contributed by atoms with Gasteiger partial charge in [0.25, 0.3) is 0 Å². The van der Waals surface area contributed by atoms with Crippen molar-refractivity contribution in [3.63, 3.8) is 0 Å². The second kappa shape index (κ2) is 8.88. The summed E-state index contributed by atoms with van der Waals surface area (Å²) in [5, 5.41) is 13.7. The SMILES string of the molecule is CC(C)NC(=O)NC(=O)CN(CCCO)C(C)C. The summed E-state index contributed by atoms with van der Waals surface area (Å²) < 4.78 is 0. The Morgan fingerprint density at radius 1 is 1.22 bits per heavy atom. The standard InChI is InChI=1S/C12H25N3O3/c1-9(2)13-12(18)14-11(17)8-15(10(3)4)6-5-7-16/h9-10,16H,5-8H2,1-4H3,(H2,13,14,17,18). The van der Waals surface area contributed by atoms with E-state index in [1.807, 2.05) is 32.6 Å². The van der Waals surface area contributed by atoms with Crippen LogP contribution in [-0.2, 0) is 4.79 Å². The van der Waals surface area contributed by atoms with Gasteiger partial charge in [0.05, 0.1) is 6.54 Å². The normalized spacial score (nSPS) is 11.1. The molecule has 0 saturated carbocycles. The number of aliphatic hydroxyl groups is 1. The lowest BCUT2D eigenvalue weighted by atomic mass is 10.3. The van der Waals surface area contributed by atoms with E-state index in [4.69, 9.17) is 5.11 Å². The fourth-order valence-electron chi connectivity index (χ4n) is 1.44. The summed E-state index contributed by atoms with van der Waals surface area (Å²) in [6.07, 6.45) is 0.615. The Morgan fingerprint density at radius 2 is 1.83 bits per heavy atom. The van der Waals surface area contributed by atoms with Gasteiger partial charge in [0.15, 0.2) is 0 Å². The molecule has 0 aromatic rings. The summed E-state index contributed by atoms with van der Waals surface area (Å²) >= 11 is 0. The van der Waals surface area contributed by atoms with Crippen molar-refractivity contribution < 1.29 is 14.7 Å². The van der Waals surface area contributed by atoms with E-state index in [9.17, 15) is 9.59 Å². The predicted octanol–water partition coefficient (Wildman–Crippen LogP) is 0.313. The van der Waals surface area contributed by atoms with Crippen LogP contribution < -0.4 is 10.6 Å². The first-order chi connectivity index (χ1) is 8.36. The van der Waals surface area contributed by atoms with E-state index in [1.54, 1.807) is 0 Å². The molecule has 0 aliphatic rings. The summed E-state index contributed by atoms with van der Waals surface area (Å²) in [5.41, 5.74) is 0. The maximum Gasteiger partial charge on any atom is 0.321 e. The molecule has 0 saturated heterocycles. The van der Waals surface area contributed by atoms with Crippen molar-refractivity contribution >= 4 is 11.9 Å². The van der Waals surface area contributed by atoms with Gasteiger partial charge in [-0.3, -0.25) is 15.0 Å². The Balaban J connectivity index is 4.13. The van der Waals surface area contributed by atoms with E-state index >= 15 is 0 Å². The van der Waals surface area contributed by atoms with Crippen LogP contribution in [0.4, 0.5) is 4.79 Å². The second-order valence-electron chi connectivity index (χ2n) is 4.82. The summed E-state index contributed by atoms with van der Waals surface area (Å²) in [6.45, 7) is 8.48. The maximum atomic E-state index is 11.6. The zero-order chi connectivity index (χ0) is 14.1. The van der Waals surface area contributed by atoms with E-state index < -0.39 is 6.03 Å². The van der Waals surface area contributed by atoms with Crippen molar-refractivity contribution in [2.45, 2.75) is 46.2 Å². The molecule has 0 bridgehead atoms. The first-order valence-corrected chi connectivity index (χ1v) is 6.32. The van der Waals surface area contributed by atoms with Crippen LogP contribution in [0.5, 0.6) is 0 Å². The topological polar surface area (TPSA) is 81.7 Å². The average Bonchev–Trinajstić information content (AvgIpc) is 2.22. The number of hydrogen-bond acceptors (Lipinski definition) is 4. The molecule has 3 amide bonds. The third-order valence-corrected chi connectivity index (χ3v) is 2.35. The number of nitrogens with one attached hydrogen (secondary N) is 2. The van der Waals surface area contributed by atoms with E-state index in [0.29, 0.717) is 13.0 Å².